The Balaban J connectivity index is 2.88. The molecule has 0 saturated heterocycles. The van der Waals surface area contributed by atoms with E-state index in [1.807, 2.05) is 6.92 Å². The second-order valence-corrected chi connectivity index (χ2v) is 3.90. The maximum Gasteiger partial charge on any atom is 0.272 e. The lowest BCUT2D eigenvalue weighted by Gasteiger charge is -2.03. The maximum absolute atomic E-state index is 11.7. The molecule has 18 heavy (non-hydrogen) atoms. The molecule has 96 valence electrons. The summed E-state index contributed by atoms with van der Waals surface area (Å²) in [6.45, 7) is 5.33. The Bertz CT molecular complexity index is 509. The number of amides is 1. The van der Waals surface area contributed by atoms with Crippen LogP contribution in [0.2, 0.25) is 0 Å². The van der Waals surface area contributed by atoms with Crippen LogP contribution in [0.3, 0.4) is 0 Å². The number of hydrogen-bond acceptors (Lipinski definition) is 4. The molecule has 0 bridgehead atoms. The first-order valence-corrected chi connectivity index (χ1v) is 5.54. The second kappa shape index (κ2) is 5.90. The lowest BCUT2D eigenvalue weighted by molar-refractivity contribution is -0.385. The lowest BCUT2D eigenvalue weighted by atomic mass is 10.1. The highest BCUT2D eigenvalue weighted by Gasteiger charge is 2.13. The van der Waals surface area contributed by atoms with Gasteiger partial charge < -0.3 is 0 Å². The average molecular weight is 249 g/mol. The number of benzene rings is 1. The number of carbonyl (C=O) groups excluding carboxylic acids is 1. The fourth-order valence-electron chi connectivity index (χ4n) is 1.29. The zero-order valence-corrected chi connectivity index (χ0v) is 10.6. The molecule has 1 amide bonds. The SMILES string of the molecule is CC/C(C)=N\NC(=O)c1ccc([N+](=O)[O-])c(C)c1. The lowest BCUT2D eigenvalue weighted by Crippen LogP contribution is -2.19. The van der Waals surface area contributed by atoms with Gasteiger partial charge in [0, 0.05) is 22.9 Å². The van der Waals surface area contributed by atoms with Crippen LogP contribution in [0, 0.1) is 17.0 Å². The summed E-state index contributed by atoms with van der Waals surface area (Å²) < 4.78 is 0. The minimum absolute atomic E-state index is 0.000194. The smallest absolute Gasteiger partial charge is 0.267 e. The zero-order chi connectivity index (χ0) is 13.7. The Hall–Kier alpha value is -2.24. The summed E-state index contributed by atoms with van der Waals surface area (Å²) in [7, 11) is 0. The third-order valence-electron chi connectivity index (χ3n) is 2.52. The molecule has 0 saturated carbocycles. The van der Waals surface area contributed by atoms with Crippen molar-refractivity contribution in [1.82, 2.24) is 5.43 Å². The molecule has 0 fully saturated rings. The number of aryl methyl sites for hydroxylation is 1. The number of nitro benzene ring substituents is 1. The predicted molar refractivity (Wildman–Crippen MR) is 68.7 cm³/mol. The number of nitrogens with zero attached hydrogens (tertiary/aromatic N) is 2. The van der Waals surface area contributed by atoms with Crippen molar-refractivity contribution >= 4 is 17.3 Å². The van der Waals surface area contributed by atoms with Crippen molar-refractivity contribution in [2.45, 2.75) is 27.2 Å². The summed E-state index contributed by atoms with van der Waals surface area (Å²) in [4.78, 5) is 21.9. The molecule has 1 N–H and O–H groups in total. The Morgan fingerprint density at radius 3 is 2.67 bits per heavy atom. The van der Waals surface area contributed by atoms with Crippen LogP contribution in [0.5, 0.6) is 0 Å². The van der Waals surface area contributed by atoms with Crippen molar-refractivity contribution in [3.05, 3.63) is 39.4 Å². The minimum atomic E-state index is -0.476. The molecule has 6 nitrogen and oxygen atoms in total. The van der Waals surface area contributed by atoms with Crippen molar-refractivity contribution in [3.63, 3.8) is 0 Å². The molecule has 1 rings (SSSR count). The molecule has 0 aromatic heterocycles. The van der Waals surface area contributed by atoms with E-state index >= 15 is 0 Å². The highest BCUT2D eigenvalue weighted by atomic mass is 16.6. The molecule has 0 radical (unpaired) electrons. The van der Waals surface area contributed by atoms with Crippen LogP contribution in [-0.4, -0.2) is 16.5 Å². The summed E-state index contributed by atoms with van der Waals surface area (Å²) >= 11 is 0. The van der Waals surface area contributed by atoms with Gasteiger partial charge in [-0.3, -0.25) is 14.9 Å². The van der Waals surface area contributed by atoms with E-state index in [1.54, 1.807) is 13.8 Å². The number of hydrogen-bond donors (Lipinski definition) is 1. The third kappa shape index (κ3) is 3.38. The summed E-state index contributed by atoms with van der Waals surface area (Å²) in [5.74, 6) is -0.374. The van der Waals surface area contributed by atoms with Crippen molar-refractivity contribution < 1.29 is 9.72 Å². The largest absolute Gasteiger partial charge is 0.272 e. The van der Waals surface area contributed by atoms with E-state index < -0.39 is 4.92 Å². The Labute approximate surface area is 105 Å². The van der Waals surface area contributed by atoms with E-state index in [2.05, 4.69) is 10.5 Å². The molecule has 0 heterocycles. The zero-order valence-electron chi connectivity index (χ0n) is 10.6. The van der Waals surface area contributed by atoms with Crippen molar-refractivity contribution in [2.24, 2.45) is 5.10 Å². The fraction of sp³-hybridized carbons (Fsp3) is 0.333. The molecular formula is C12H15N3O3. The van der Waals surface area contributed by atoms with Gasteiger partial charge in [0.2, 0.25) is 0 Å². The molecule has 6 heteroatoms. The Kier molecular flexibility index (Phi) is 4.53. The van der Waals surface area contributed by atoms with Crippen LogP contribution < -0.4 is 5.43 Å². The minimum Gasteiger partial charge on any atom is -0.267 e. The molecule has 0 spiro atoms. The van der Waals surface area contributed by atoms with Gasteiger partial charge in [-0.15, -0.1) is 0 Å². The van der Waals surface area contributed by atoms with Crippen LogP contribution in [0.25, 0.3) is 0 Å². The van der Waals surface area contributed by atoms with E-state index in [9.17, 15) is 14.9 Å². The van der Waals surface area contributed by atoms with Gasteiger partial charge in [-0.05, 0) is 32.4 Å². The summed E-state index contributed by atoms with van der Waals surface area (Å²) in [5.41, 5.74) is 4.01. The summed E-state index contributed by atoms with van der Waals surface area (Å²) in [5, 5.41) is 14.5. The van der Waals surface area contributed by atoms with Crippen LogP contribution in [0.15, 0.2) is 23.3 Å². The van der Waals surface area contributed by atoms with Crippen LogP contribution in [0.1, 0.15) is 36.2 Å². The van der Waals surface area contributed by atoms with Gasteiger partial charge in [0.05, 0.1) is 4.92 Å². The topological polar surface area (TPSA) is 84.6 Å². The van der Waals surface area contributed by atoms with E-state index in [4.69, 9.17) is 0 Å². The van der Waals surface area contributed by atoms with Gasteiger partial charge >= 0.3 is 0 Å². The Morgan fingerprint density at radius 2 is 2.17 bits per heavy atom. The number of nitrogens with one attached hydrogen (secondary N) is 1. The van der Waals surface area contributed by atoms with Gasteiger partial charge in [-0.25, -0.2) is 5.43 Å². The molecule has 1 aromatic rings. The van der Waals surface area contributed by atoms with Gasteiger partial charge in [0.25, 0.3) is 11.6 Å². The molecule has 0 aliphatic heterocycles. The molecule has 0 aliphatic rings. The third-order valence-corrected chi connectivity index (χ3v) is 2.52. The van der Waals surface area contributed by atoms with Crippen LogP contribution in [-0.2, 0) is 0 Å². The van der Waals surface area contributed by atoms with Crippen molar-refractivity contribution in [1.29, 1.82) is 0 Å². The van der Waals surface area contributed by atoms with E-state index in [1.165, 1.54) is 18.2 Å². The standard InChI is InChI=1S/C12H15N3O3/c1-4-9(3)13-14-12(16)10-5-6-11(15(17)18)8(2)7-10/h5-7H,4H2,1-3H3,(H,14,16)/b13-9-. The molecular weight excluding hydrogens is 234 g/mol. The molecule has 0 unspecified atom stereocenters. The first-order valence-electron chi connectivity index (χ1n) is 5.54. The fourth-order valence-corrected chi connectivity index (χ4v) is 1.29. The van der Waals surface area contributed by atoms with Crippen molar-refractivity contribution in [2.75, 3.05) is 0 Å². The number of hydrazone groups is 1. The Morgan fingerprint density at radius 1 is 1.50 bits per heavy atom. The van der Waals surface area contributed by atoms with Crippen LogP contribution in [0.4, 0.5) is 5.69 Å². The highest BCUT2D eigenvalue weighted by Crippen LogP contribution is 2.18. The quantitative estimate of drug-likeness (QED) is 0.505. The van der Waals surface area contributed by atoms with Gasteiger partial charge in [0.15, 0.2) is 0 Å². The van der Waals surface area contributed by atoms with Gasteiger partial charge in [-0.2, -0.15) is 5.10 Å². The van der Waals surface area contributed by atoms with E-state index in [0.29, 0.717) is 11.1 Å². The number of rotatable bonds is 4. The van der Waals surface area contributed by atoms with E-state index in [0.717, 1.165) is 12.1 Å². The van der Waals surface area contributed by atoms with Gasteiger partial charge in [-0.1, -0.05) is 6.92 Å². The number of nitro groups is 1. The second-order valence-electron chi connectivity index (χ2n) is 3.90. The molecule has 0 atom stereocenters. The predicted octanol–water partition coefficient (Wildman–Crippen LogP) is 2.42. The first-order chi connectivity index (χ1) is 8.45. The summed E-state index contributed by atoms with van der Waals surface area (Å²) in [6.07, 6.45) is 0.750. The first kappa shape index (κ1) is 13.8. The van der Waals surface area contributed by atoms with Crippen molar-refractivity contribution in [3.8, 4) is 0 Å². The summed E-state index contributed by atoms with van der Waals surface area (Å²) in [6, 6.07) is 4.21. The highest BCUT2D eigenvalue weighted by molar-refractivity contribution is 5.95. The molecule has 0 aliphatic carbocycles. The maximum atomic E-state index is 11.7. The normalized spacial score (nSPS) is 11.2. The molecule has 1 aromatic carbocycles. The van der Waals surface area contributed by atoms with E-state index in [-0.39, 0.29) is 11.6 Å². The number of carbonyl (C=O) groups is 1. The monoisotopic (exact) mass is 249 g/mol. The average Bonchev–Trinajstić information content (AvgIpc) is 2.34. The van der Waals surface area contributed by atoms with Crippen LogP contribution >= 0.6 is 0 Å². The van der Waals surface area contributed by atoms with Gasteiger partial charge in [0.1, 0.15) is 0 Å².